The number of carbonyl (C=O) groups is 2. The van der Waals surface area contributed by atoms with Gasteiger partial charge in [-0.3, -0.25) is 4.79 Å². The Morgan fingerprint density at radius 1 is 1.17 bits per heavy atom. The Kier molecular flexibility index (Phi) is 9.66. The fourth-order valence-corrected chi connectivity index (χ4v) is 1.95. The van der Waals surface area contributed by atoms with Gasteiger partial charge in [0, 0.05) is 13.1 Å². The molecule has 128 valence electrons. The van der Waals surface area contributed by atoms with Gasteiger partial charge in [-0.2, -0.15) is 0 Å². The van der Waals surface area contributed by atoms with E-state index in [2.05, 4.69) is 5.32 Å². The molecular weight excluding hydrogens is 298 g/mol. The van der Waals surface area contributed by atoms with Crippen LogP contribution in [0, 0.1) is 0 Å². The van der Waals surface area contributed by atoms with Gasteiger partial charge in [-0.1, -0.05) is 18.2 Å². The maximum absolute atomic E-state index is 11.0. The van der Waals surface area contributed by atoms with E-state index >= 15 is 0 Å². The fraction of sp³-hybridized carbons (Fsp3) is 0.529. The van der Waals surface area contributed by atoms with E-state index in [0.717, 1.165) is 13.1 Å². The number of nitrogens with one attached hydrogen (secondary N) is 1. The molecular formula is C17H25NO5. The van der Waals surface area contributed by atoms with E-state index in [4.69, 9.17) is 14.2 Å². The van der Waals surface area contributed by atoms with E-state index in [-0.39, 0.29) is 18.0 Å². The van der Waals surface area contributed by atoms with Crippen molar-refractivity contribution < 1.29 is 23.8 Å². The Bertz CT molecular complexity index is 457. The highest BCUT2D eigenvalue weighted by molar-refractivity contribution is 5.89. The summed E-state index contributed by atoms with van der Waals surface area (Å²) in [7, 11) is 0. The fourth-order valence-electron chi connectivity index (χ4n) is 1.95. The minimum Gasteiger partial charge on any atom is -0.466 e. The molecule has 6 heteroatoms. The largest absolute Gasteiger partial charge is 0.466 e. The van der Waals surface area contributed by atoms with Gasteiger partial charge in [-0.05, 0) is 26.0 Å². The van der Waals surface area contributed by atoms with Gasteiger partial charge in [0.1, 0.15) is 0 Å². The molecule has 1 atom stereocenters. The Labute approximate surface area is 137 Å². The van der Waals surface area contributed by atoms with E-state index in [1.807, 2.05) is 18.2 Å². The summed E-state index contributed by atoms with van der Waals surface area (Å²) in [6.07, 6.45) is 0.360. The number of carbonyl (C=O) groups excluding carboxylic acids is 2. The van der Waals surface area contributed by atoms with E-state index in [0.29, 0.717) is 31.8 Å². The van der Waals surface area contributed by atoms with Crippen LogP contribution in [-0.2, 0) is 19.0 Å². The van der Waals surface area contributed by atoms with Crippen molar-refractivity contribution in [3.05, 3.63) is 35.9 Å². The third-order valence-electron chi connectivity index (χ3n) is 2.99. The van der Waals surface area contributed by atoms with Crippen molar-refractivity contribution in [2.45, 2.75) is 26.4 Å². The minimum atomic E-state index is -0.256. The quantitative estimate of drug-likeness (QED) is 0.833. The molecule has 2 rings (SSSR count). The summed E-state index contributed by atoms with van der Waals surface area (Å²) in [6, 6.07) is 8.96. The lowest BCUT2D eigenvalue weighted by atomic mass is 10.2. The van der Waals surface area contributed by atoms with Crippen molar-refractivity contribution in [2.75, 3.05) is 32.9 Å². The summed E-state index contributed by atoms with van der Waals surface area (Å²) in [6.45, 7) is 6.77. The molecule has 0 aliphatic carbocycles. The normalized spacial score (nSPS) is 16.7. The average molecular weight is 323 g/mol. The Morgan fingerprint density at radius 2 is 1.87 bits per heavy atom. The van der Waals surface area contributed by atoms with Crippen LogP contribution in [0.1, 0.15) is 30.6 Å². The molecule has 0 saturated carbocycles. The van der Waals surface area contributed by atoms with Gasteiger partial charge in [-0.15, -0.1) is 0 Å². The molecule has 1 aromatic rings. The van der Waals surface area contributed by atoms with Crippen LogP contribution in [0.4, 0.5) is 0 Å². The van der Waals surface area contributed by atoms with E-state index < -0.39 is 0 Å². The van der Waals surface area contributed by atoms with Gasteiger partial charge >= 0.3 is 11.9 Å². The molecule has 0 amide bonds. The molecule has 23 heavy (non-hydrogen) atoms. The van der Waals surface area contributed by atoms with Gasteiger partial charge < -0.3 is 19.5 Å². The van der Waals surface area contributed by atoms with Crippen molar-refractivity contribution in [1.29, 1.82) is 0 Å². The van der Waals surface area contributed by atoms with Crippen LogP contribution in [-0.4, -0.2) is 51.0 Å². The van der Waals surface area contributed by atoms with Crippen LogP contribution in [0.2, 0.25) is 0 Å². The van der Waals surface area contributed by atoms with E-state index in [1.165, 1.54) is 0 Å². The molecule has 1 heterocycles. The van der Waals surface area contributed by atoms with Crippen LogP contribution in [0.25, 0.3) is 0 Å². The van der Waals surface area contributed by atoms with Gasteiger partial charge in [0.25, 0.3) is 0 Å². The number of hydrogen-bond donors (Lipinski definition) is 1. The van der Waals surface area contributed by atoms with E-state index in [1.54, 1.807) is 26.0 Å². The summed E-state index contributed by atoms with van der Waals surface area (Å²) < 4.78 is 14.9. The summed E-state index contributed by atoms with van der Waals surface area (Å²) in [5.74, 6) is -0.431. The van der Waals surface area contributed by atoms with Crippen LogP contribution >= 0.6 is 0 Å². The van der Waals surface area contributed by atoms with Crippen molar-refractivity contribution in [3.63, 3.8) is 0 Å². The molecule has 1 aliphatic rings. The SMILES string of the molecule is CCOC(=O)C[C@H]1CNCCO1.CCOC(=O)c1ccccc1. The predicted molar refractivity (Wildman–Crippen MR) is 86.3 cm³/mol. The first-order valence-corrected chi connectivity index (χ1v) is 7.87. The van der Waals surface area contributed by atoms with Crippen LogP contribution in [0.5, 0.6) is 0 Å². The first kappa shape index (κ1) is 19.1. The van der Waals surface area contributed by atoms with Gasteiger partial charge in [0.15, 0.2) is 0 Å². The monoisotopic (exact) mass is 323 g/mol. The minimum absolute atomic E-state index is 0.00204. The summed E-state index contributed by atoms with van der Waals surface area (Å²) in [5, 5.41) is 3.15. The lowest BCUT2D eigenvalue weighted by molar-refractivity contribution is -0.146. The molecule has 0 radical (unpaired) electrons. The molecule has 0 spiro atoms. The van der Waals surface area contributed by atoms with Crippen LogP contribution in [0.3, 0.4) is 0 Å². The van der Waals surface area contributed by atoms with Crippen molar-refractivity contribution in [2.24, 2.45) is 0 Å². The van der Waals surface area contributed by atoms with Crippen molar-refractivity contribution >= 4 is 11.9 Å². The number of rotatable bonds is 5. The Hall–Kier alpha value is -1.92. The van der Waals surface area contributed by atoms with Gasteiger partial charge in [-0.25, -0.2) is 4.79 Å². The number of morpholine rings is 1. The number of ether oxygens (including phenoxy) is 3. The predicted octanol–water partition coefficient (Wildman–Crippen LogP) is 1.79. The van der Waals surface area contributed by atoms with Gasteiger partial charge in [0.05, 0.1) is 37.9 Å². The number of esters is 2. The third kappa shape index (κ3) is 8.32. The molecule has 0 bridgehead atoms. The highest BCUT2D eigenvalue weighted by Crippen LogP contribution is 2.02. The highest BCUT2D eigenvalue weighted by atomic mass is 16.5. The van der Waals surface area contributed by atoms with Crippen molar-refractivity contribution in [1.82, 2.24) is 5.32 Å². The smallest absolute Gasteiger partial charge is 0.338 e. The summed E-state index contributed by atoms with van der Waals surface area (Å²) in [4.78, 5) is 22.0. The maximum Gasteiger partial charge on any atom is 0.338 e. The zero-order valence-corrected chi connectivity index (χ0v) is 13.7. The molecule has 0 unspecified atom stereocenters. The molecule has 1 N–H and O–H groups in total. The second-order valence-electron chi connectivity index (χ2n) is 4.79. The maximum atomic E-state index is 11.0. The lowest BCUT2D eigenvalue weighted by Gasteiger charge is -2.22. The summed E-state index contributed by atoms with van der Waals surface area (Å²) >= 11 is 0. The van der Waals surface area contributed by atoms with Crippen LogP contribution in [0.15, 0.2) is 30.3 Å². The second kappa shape index (κ2) is 11.6. The van der Waals surface area contributed by atoms with Gasteiger partial charge in [0.2, 0.25) is 0 Å². The number of hydrogen-bond acceptors (Lipinski definition) is 6. The molecule has 0 aromatic heterocycles. The standard InChI is InChI=1S/C9H10O2.C8H15NO3/c1-2-11-9(10)8-6-4-3-5-7-8;1-2-11-8(10)5-7-6-9-3-4-12-7/h3-7H,2H2,1H3;7,9H,2-6H2,1H3/t;7-/m.0/s1. The Morgan fingerprint density at radius 3 is 2.43 bits per heavy atom. The molecule has 1 saturated heterocycles. The van der Waals surface area contributed by atoms with E-state index in [9.17, 15) is 9.59 Å². The highest BCUT2D eigenvalue weighted by Gasteiger charge is 2.17. The molecule has 1 aromatic carbocycles. The molecule has 1 fully saturated rings. The van der Waals surface area contributed by atoms with Crippen LogP contribution < -0.4 is 5.32 Å². The Balaban J connectivity index is 0.000000231. The number of benzene rings is 1. The first-order valence-electron chi connectivity index (χ1n) is 7.87. The third-order valence-corrected chi connectivity index (χ3v) is 2.99. The molecule has 1 aliphatic heterocycles. The summed E-state index contributed by atoms with van der Waals surface area (Å²) in [5.41, 5.74) is 0.606. The van der Waals surface area contributed by atoms with Crippen molar-refractivity contribution in [3.8, 4) is 0 Å². The topological polar surface area (TPSA) is 73.9 Å². The molecule has 6 nitrogen and oxygen atoms in total. The zero-order chi connectivity index (χ0) is 16.9. The lowest BCUT2D eigenvalue weighted by Crippen LogP contribution is -2.39. The second-order valence-corrected chi connectivity index (χ2v) is 4.79. The average Bonchev–Trinajstić information content (AvgIpc) is 2.57. The first-order chi connectivity index (χ1) is 11.2. The zero-order valence-electron chi connectivity index (χ0n) is 13.7.